The van der Waals surface area contributed by atoms with Gasteiger partial charge in [0.25, 0.3) is 0 Å². The number of hydrogen-bond donors (Lipinski definition) is 2. The molecule has 0 fully saturated rings. The normalized spacial score (nSPS) is 11.1. The summed E-state index contributed by atoms with van der Waals surface area (Å²) in [5.74, 6) is 2.59. The Morgan fingerprint density at radius 1 is 1.03 bits per heavy atom. The van der Waals surface area contributed by atoms with Crippen LogP contribution in [0.15, 0.2) is 47.7 Å². The van der Waals surface area contributed by atoms with Gasteiger partial charge in [-0.2, -0.15) is 0 Å². The van der Waals surface area contributed by atoms with Gasteiger partial charge >= 0.3 is 0 Å². The SMILES string of the molecule is CCNC(=NCc1cc(OC)c(OC)c(OC)c1)NCCCn1cnc2ccccc21.I. The Hall–Kier alpha value is -2.69. The first-order valence-corrected chi connectivity index (χ1v) is 10.4. The number of aryl methyl sites for hydroxylation is 1. The molecule has 0 radical (unpaired) electrons. The van der Waals surface area contributed by atoms with Crippen molar-refractivity contribution in [3.05, 3.63) is 48.3 Å². The molecule has 0 aliphatic heterocycles. The van der Waals surface area contributed by atoms with Crippen molar-refractivity contribution in [2.75, 3.05) is 34.4 Å². The molecule has 0 spiro atoms. The van der Waals surface area contributed by atoms with E-state index in [1.807, 2.05) is 43.6 Å². The first kappa shape index (κ1) is 25.6. The fourth-order valence-electron chi connectivity index (χ4n) is 3.38. The van der Waals surface area contributed by atoms with Crippen LogP contribution in [-0.2, 0) is 13.1 Å². The third-order valence-electron chi connectivity index (χ3n) is 4.88. The van der Waals surface area contributed by atoms with E-state index in [1.165, 1.54) is 0 Å². The van der Waals surface area contributed by atoms with Crippen LogP contribution in [0.1, 0.15) is 18.9 Å². The predicted molar refractivity (Wildman–Crippen MR) is 139 cm³/mol. The van der Waals surface area contributed by atoms with E-state index in [0.29, 0.717) is 23.8 Å². The first-order valence-electron chi connectivity index (χ1n) is 10.4. The van der Waals surface area contributed by atoms with Crippen LogP contribution in [-0.4, -0.2) is 49.9 Å². The van der Waals surface area contributed by atoms with Gasteiger partial charge in [-0.25, -0.2) is 9.98 Å². The zero-order valence-corrected chi connectivity index (χ0v) is 21.4. The van der Waals surface area contributed by atoms with Crippen molar-refractivity contribution < 1.29 is 14.2 Å². The van der Waals surface area contributed by atoms with Gasteiger partial charge in [0.15, 0.2) is 17.5 Å². The van der Waals surface area contributed by atoms with Crippen molar-refractivity contribution >= 4 is 41.0 Å². The lowest BCUT2D eigenvalue weighted by Gasteiger charge is -2.14. The van der Waals surface area contributed by atoms with E-state index in [0.717, 1.165) is 48.6 Å². The number of benzene rings is 2. The van der Waals surface area contributed by atoms with Crippen molar-refractivity contribution in [1.82, 2.24) is 20.2 Å². The van der Waals surface area contributed by atoms with Gasteiger partial charge in [0, 0.05) is 19.6 Å². The maximum atomic E-state index is 5.43. The Kier molecular flexibility index (Phi) is 10.4. The highest BCUT2D eigenvalue weighted by molar-refractivity contribution is 14.0. The Morgan fingerprint density at radius 3 is 2.41 bits per heavy atom. The molecule has 9 heteroatoms. The van der Waals surface area contributed by atoms with Gasteiger partial charge in [0.05, 0.1) is 45.2 Å². The molecule has 0 aliphatic rings. The highest BCUT2D eigenvalue weighted by Gasteiger charge is 2.13. The molecule has 174 valence electrons. The van der Waals surface area contributed by atoms with Crippen molar-refractivity contribution in [3.8, 4) is 17.2 Å². The van der Waals surface area contributed by atoms with Gasteiger partial charge in [-0.05, 0) is 43.2 Å². The minimum absolute atomic E-state index is 0. The molecule has 1 aromatic heterocycles. The molecule has 32 heavy (non-hydrogen) atoms. The smallest absolute Gasteiger partial charge is 0.203 e. The number of halogens is 1. The third-order valence-corrected chi connectivity index (χ3v) is 4.88. The van der Waals surface area contributed by atoms with Crippen LogP contribution in [0.5, 0.6) is 17.2 Å². The van der Waals surface area contributed by atoms with E-state index >= 15 is 0 Å². The Bertz CT molecular complexity index is 997. The number of nitrogens with one attached hydrogen (secondary N) is 2. The summed E-state index contributed by atoms with van der Waals surface area (Å²) in [6.07, 6.45) is 2.85. The van der Waals surface area contributed by atoms with Gasteiger partial charge in [0.1, 0.15) is 0 Å². The molecule has 2 aromatic carbocycles. The standard InChI is InChI=1S/C23H31N5O3.HI/c1-5-24-23(25-11-8-12-28-16-27-18-9-6-7-10-19(18)28)26-15-17-13-20(29-2)22(31-4)21(14-17)30-3;/h6-7,9-10,13-14,16H,5,8,11-12,15H2,1-4H3,(H2,24,25,26);1H. The van der Waals surface area contributed by atoms with E-state index in [2.05, 4.69) is 26.3 Å². The molecule has 8 nitrogen and oxygen atoms in total. The molecule has 0 amide bonds. The molecule has 0 aliphatic carbocycles. The average molecular weight is 553 g/mol. The number of guanidine groups is 1. The molecule has 1 heterocycles. The lowest BCUT2D eigenvalue weighted by atomic mass is 10.2. The van der Waals surface area contributed by atoms with Gasteiger partial charge < -0.3 is 29.4 Å². The molecular weight excluding hydrogens is 521 g/mol. The second-order valence-electron chi connectivity index (χ2n) is 6.94. The monoisotopic (exact) mass is 553 g/mol. The number of aromatic nitrogens is 2. The van der Waals surface area contributed by atoms with E-state index in [4.69, 9.17) is 19.2 Å². The quantitative estimate of drug-likeness (QED) is 0.172. The van der Waals surface area contributed by atoms with Crippen LogP contribution in [0, 0.1) is 0 Å². The Balaban J connectivity index is 0.00000363. The summed E-state index contributed by atoms with van der Waals surface area (Å²) in [4.78, 5) is 9.14. The average Bonchev–Trinajstić information content (AvgIpc) is 3.22. The number of para-hydroxylation sites is 2. The van der Waals surface area contributed by atoms with Crippen molar-refractivity contribution in [3.63, 3.8) is 0 Å². The fraction of sp³-hybridized carbons (Fsp3) is 0.391. The molecule has 0 saturated carbocycles. The lowest BCUT2D eigenvalue weighted by Crippen LogP contribution is -2.38. The van der Waals surface area contributed by atoms with Crippen molar-refractivity contribution in [2.45, 2.75) is 26.4 Å². The lowest BCUT2D eigenvalue weighted by molar-refractivity contribution is 0.324. The zero-order chi connectivity index (χ0) is 22.1. The van der Waals surface area contributed by atoms with E-state index in [1.54, 1.807) is 21.3 Å². The summed E-state index contributed by atoms with van der Waals surface area (Å²) in [6.45, 7) is 5.01. The summed E-state index contributed by atoms with van der Waals surface area (Å²) in [7, 11) is 4.82. The number of aliphatic imine (C=N–C) groups is 1. The largest absolute Gasteiger partial charge is 0.493 e. The first-order chi connectivity index (χ1) is 15.2. The summed E-state index contributed by atoms with van der Waals surface area (Å²) in [6, 6.07) is 12.0. The topological polar surface area (TPSA) is 81.9 Å². The van der Waals surface area contributed by atoms with Gasteiger partial charge in [-0.1, -0.05) is 12.1 Å². The highest BCUT2D eigenvalue weighted by atomic mass is 127. The molecule has 0 unspecified atom stereocenters. The number of nitrogens with zero attached hydrogens (tertiary/aromatic N) is 3. The molecule has 0 saturated heterocycles. The fourth-order valence-corrected chi connectivity index (χ4v) is 3.38. The number of rotatable bonds is 10. The van der Waals surface area contributed by atoms with E-state index < -0.39 is 0 Å². The Labute approximate surface area is 206 Å². The van der Waals surface area contributed by atoms with E-state index in [-0.39, 0.29) is 24.0 Å². The minimum atomic E-state index is 0. The van der Waals surface area contributed by atoms with E-state index in [9.17, 15) is 0 Å². The predicted octanol–water partition coefficient (Wildman–Crippen LogP) is 3.83. The second kappa shape index (κ2) is 13.0. The number of ether oxygens (including phenoxy) is 3. The third kappa shape index (κ3) is 6.41. The zero-order valence-electron chi connectivity index (χ0n) is 19.1. The number of methoxy groups -OCH3 is 3. The van der Waals surface area contributed by atoms with Crippen LogP contribution < -0.4 is 24.8 Å². The number of imidazole rings is 1. The van der Waals surface area contributed by atoms with Crippen molar-refractivity contribution in [1.29, 1.82) is 0 Å². The maximum absolute atomic E-state index is 5.43. The summed E-state index contributed by atoms with van der Waals surface area (Å²) >= 11 is 0. The van der Waals surface area contributed by atoms with Crippen LogP contribution in [0.25, 0.3) is 11.0 Å². The Morgan fingerprint density at radius 2 is 1.75 bits per heavy atom. The van der Waals surface area contributed by atoms with Gasteiger partial charge in [-0.15, -0.1) is 24.0 Å². The summed E-state index contributed by atoms with van der Waals surface area (Å²) < 4.78 is 18.4. The number of fused-ring (bicyclic) bond motifs is 1. The molecular formula is C23H32IN5O3. The van der Waals surface area contributed by atoms with Gasteiger partial charge in [-0.3, -0.25) is 0 Å². The van der Waals surface area contributed by atoms with Crippen LogP contribution >= 0.6 is 24.0 Å². The van der Waals surface area contributed by atoms with Gasteiger partial charge in [0.2, 0.25) is 5.75 Å². The van der Waals surface area contributed by atoms with Crippen LogP contribution in [0.4, 0.5) is 0 Å². The van der Waals surface area contributed by atoms with Crippen LogP contribution in [0.3, 0.4) is 0 Å². The maximum Gasteiger partial charge on any atom is 0.203 e. The molecule has 0 atom stereocenters. The molecule has 2 N–H and O–H groups in total. The highest BCUT2D eigenvalue weighted by Crippen LogP contribution is 2.38. The minimum Gasteiger partial charge on any atom is -0.493 e. The second-order valence-corrected chi connectivity index (χ2v) is 6.94. The summed E-state index contributed by atoms with van der Waals surface area (Å²) in [5, 5.41) is 6.69. The number of hydrogen-bond acceptors (Lipinski definition) is 5. The summed E-state index contributed by atoms with van der Waals surface area (Å²) in [5.41, 5.74) is 3.15. The van der Waals surface area contributed by atoms with Crippen LogP contribution in [0.2, 0.25) is 0 Å². The molecule has 3 aromatic rings. The van der Waals surface area contributed by atoms with Crippen molar-refractivity contribution in [2.24, 2.45) is 4.99 Å². The molecule has 0 bridgehead atoms. The molecule has 3 rings (SSSR count).